The van der Waals surface area contributed by atoms with Crippen LogP contribution in [0.5, 0.6) is 0 Å². The fourth-order valence-corrected chi connectivity index (χ4v) is 5.96. The van der Waals surface area contributed by atoms with Gasteiger partial charge in [-0.05, 0) is 35.7 Å². The molecule has 12 heteroatoms. The number of rotatable bonds is 7. The van der Waals surface area contributed by atoms with E-state index in [4.69, 9.17) is 21.5 Å². The van der Waals surface area contributed by atoms with Gasteiger partial charge in [-0.25, -0.2) is 16.4 Å². The molecule has 1 atom stereocenters. The fourth-order valence-electron chi connectivity index (χ4n) is 3.67. The van der Waals surface area contributed by atoms with Crippen LogP contribution in [0.25, 0.3) is 11.1 Å². The van der Waals surface area contributed by atoms with Crippen molar-refractivity contribution in [1.29, 1.82) is 0 Å². The predicted octanol–water partition coefficient (Wildman–Crippen LogP) is -0.286. The highest BCUT2D eigenvalue weighted by Gasteiger charge is 2.30. The third-order valence-corrected chi connectivity index (χ3v) is 7.83. The van der Waals surface area contributed by atoms with Gasteiger partial charge in [0, 0.05) is 43.5 Å². The van der Waals surface area contributed by atoms with Crippen LogP contribution in [0.4, 0.5) is 5.82 Å². The smallest absolute Gasteiger partial charge is 0.153 e. The number of hydrogen-bond acceptors (Lipinski definition) is 10. The van der Waals surface area contributed by atoms with Crippen molar-refractivity contribution < 1.29 is 8.95 Å². The third kappa shape index (κ3) is 4.40. The molecule has 1 aromatic carbocycles. The average molecular weight is 463 g/mol. The second kappa shape index (κ2) is 9.94. The van der Waals surface area contributed by atoms with Crippen LogP contribution in [0.1, 0.15) is 5.56 Å². The molecule has 0 amide bonds. The number of hydrogen-bond donors (Lipinski definition) is 5. The first-order chi connectivity index (χ1) is 15.2. The molecule has 10 nitrogen and oxygen atoms in total. The first kappa shape index (κ1) is 22.0. The Labute approximate surface area is 187 Å². The molecule has 31 heavy (non-hydrogen) atoms. The number of amidine groups is 1. The standard InChI is InChI=1S/C19H26N8O2S2/c20-18(25-26-21)16-13(3-4-15(17(16)30-22)31(28)12-10-23-11-12)14-2-1-5-24-19(14)27-6-8-29-9-7-27/h1-5,12,23,26H,6-11,21-22H2,(H2,20,25). The Kier molecular flexibility index (Phi) is 7.05. The lowest BCUT2D eigenvalue weighted by atomic mass is 9.98. The normalized spacial score (nSPS) is 18.5. The molecular formula is C19H26N8O2S2. The molecule has 0 aliphatic carbocycles. The molecule has 8 N–H and O–H groups in total. The summed E-state index contributed by atoms with van der Waals surface area (Å²) in [5, 5.41) is 13.3. The summed E-state index contributed by atoms with van der Waals surface area (Å²) in [7, 11) is -1.23. The molecule has 2 saturated heterocycles. The monoisotopic (exact) mass is 462 g/mol. The highest BCUT2D eigenvalue weighted by Crippen LogP contribution is 2.38. The molecule has 0 radical (unpaired) electrons. The van der Waals surface area contributed by atoms with Crippen molar-refractivity contribution in [1.82, 2.24) is 15.8 Å². The van der Waals surface area contributed by atoms with Gasteiger partial charge in [0.15, 0.2) is 5.84 Å². The number of nitrogens with two attached hydrogens (primary N) is 3. The number of ether oxygens (including phenoxy) is 1. The van der Waals surface area contributed by atoms with Crippen LogP contribution in [-0.4, -0.2) is 59.7 Å². The minimum Gasteiger partial charge on any atom is -0.382 e. The lowest BCUT2D eigenvalue weighted by Crippen LogP contribution is -2.49. The van der Waals surface area contributed by atoms with Crippen molar-refractivity contribution in [2.75, 3.05) is 44.3 Å². The summed E-state index contributed by atoms with van der Waals surface area (Å²) in [6.07, 6.45) is 1.76. The zero-order chi connectivity index (χ0) is 21.8. The summed E-state index contributed by atoms with van der Waals surface area (Å²) < 4.78 is 18.6. The summed E-state index contributed by atoms with van der Waals surface area (Å²) in [6.45, 7) is 4.17. The third-order valence-electron chi connectivity index (χ3n) is 5.33. The largest absolute Gasteiger partial charge is 0.382 e. The average Bonchev–Trinajstić information content (AvgIpc) is 2.77. The quantitative estimate of drug-likeness (QED) is 0.122. The summed E-state index contributed by atoms with van der Waals surface area (Å²) >= 11 is 1.01. The van der Waals surface area contributed by atoms with Crippen LogP contribution in [0.15, 0.2) is 45.4 Å². The summed E-state index contributed by atoms with van der Waals surface area (Å²) in [5.41, 5.74) is 10.8. The van der Waals surface area contributed by atoms with Gasteiger partial charge in [-0.1, -0.05) is 6.07 Å². The van der Waals surface area contributed by atoms with Crippen LogP contribution < -0.4 is 32.5 Å². The van der Waals surface area contributed by atoms with Crippen molar-refractivity contribution in [2.45, 2.75) is 15.0 Å². The molecule has 3 heterocycles. The van der Waals surface area contributed by atoms with E-state index in [0.29, 0.717) is 41.7 Å². The van der Waals surface area contributed by atoms with Crippen molar-refractivity contribution in [2.24, 2.45) is 21.8 Å². The van der Waals surface area contributed by atoms with Crippen LogP contribution in [0.3, 0.4) is 0 Å². The van der Waals surface area contributed by atoms with E-state index in [-0.39, 0.29) is 11.1 Å². The van der Waals surface area contributed by atoms with Crippen LogP contribution >= 0.6 is 11.9 Å². The molecule has 2 aromatic rings. The van der Waals surface area contributed by atoms with Crippen LogP contribution in [-0.2, 0) is 15.5 Å². The van der Waals surface area contributed by atoms with Gasteiger partial charge in [0.1, 0.15) is 5.82 Å². The Bertz CT molecular complexity index is 993. The number of anilines is 1. The first-order valence-corrected chi connectivity index (χ1v) is 12.0. The lowest BCUT2D eigenvalue weighted by molar-refractivity contribution is 0.122. The van der Waals surface area contributed by atoms with Gasteiger partial charge < -0.3 is 20.7 Å². The SMILES string of the molecule is NN/N=C(\N)c1c(-c2cccnc2N2CCOCC2)ccc(S(=O)C2CNC2)c1SN. The predicted molar refractivity (Wildman–Crippen MR) is 124 cm³/mol. The molecule has 2 aliphatic rings. The number of nitrogens with one attached hydrogen (secondary N) is 2. The Morgan fingerprint density at radius 1 is 1.29 bits per heavy atom. The molecule has 0 bridgehead atoms. The second-order valence-electron chi connectivity index (χ2n) is 7.11. The number of benzene rings is 1. The van der Waals surface area contributed by atoms with E-state index in [1.165, 1.54) is 0 Å². The number of hydrazine groups is 1. The summed E-state index contributed by atoms with van der Waals surface area (Å²) in [4.78, 5) is 8.08. The lowest BCUT2D eigenvalue weighted by Gasteiger charge is -2.30. The van der Waals surface area contributed by atoms with Crippen molar-refractivity contribution >= 4 is 34.4 Å². The molecule has 2 aliphatic heterocycles. The van der Waals surface area contributed by atoms with Gasteiger partial charge in [0.05, 0.1) is 39.1 Å². The molecule has 166 valence electrons. The van der Waals surface area contributed by atoms with Crippen molar-refractivity contribution in [3.8, 4) is 11.1 Å². The maximum atomic E-state index is 13.1. The van der Waals surface area contributed by atoms with E-state index in [1.807, 2.05) is 24.3 Å². The number of morpholine rings is 1. The first-order valence-electron chi connectivity index (χ1n) is 9.88. The van der Waals surface area contributed by atoms with E-state index in [0.717, 1.165) is 42.0 Å². The molecule has 1 aromatic heterocycles. The second-order valence-corrected chi connectivity index (χ2v) is 9.46. The van der Waals surface area contributed by atoms with E-state index in [1.54, 1.807) is 6.20 Å². The summed E-state index contributed by atoms with van der Waals surface area (Å²) in [6, 6.07) is 7.63. The van der Waals surface area contributed by atoms with Gasteiger partial charge in [-0.15, -0.1) is 5.10 Å². The molecule has 0 spiro atoms. The number of hydrazone groups is 1. The van der Waals surface area contributed by atoms with E-state index in [2.05, 4.69) is 25.8 Å². The zero-order valence-electron chi connectivity index (χ0n) is 16.9. The van der Waals surface area contributed by atoms with Gasteiger partial charge >= 0.3 is 0 Å². The highest BCUT2D eigenvalue weighted by atomic mass is 32.2. The molecule has 2 fully saturated rings. The van der Waals surface area contributed by atoms with Gasteiger partial charge in [-0.3, -0.25) is 9.35 Å². The fraction of sp³-hybridized carbons (Fsp3) is 0.368. The van der Waals surface area contributed by atoms with Crippen LogP contribution in [0.2, 0.25) is 0 Å². The van der Waals surface area contributed by atoms with E-state index < -0.39 is 10.8 Å². The Hall–Kier alpha value is -2.22. The summed E-state index contributed by atoms with van der Waals surface area (Å²) in [5.74, 6) is 6.40. The molecule has 4 rings (SSSR count). The van der Waals surface area contributed by atoms with Gasteiger partial charge in [0.25, 0.3) is 0 Å². The van der Waals surface area contributed by atoms with Gasteiger partial charge in [0.2, 0.25) is 0 Å². The Balaban J connectivity index is 1.89. The topological polar surface area (TPSA) is 157 Å². The zero-order valence-corrected chi connectivity index (χ0v) is 18.5. The minimum absolute atomic E-state index is 0.0395. The van der Waals surface area contributed by atoms with E-state index in [9.17, 15) is 4.21 Å². The Morgan fingerprint density at radius 2 is 2.06 bits per heavy atom. The minimum atomic E-state index is -1.23. The molecular weight excluding hydrogens is 436 g/mol. The maximum Gasteiger partial charge on any atom is 0.153 e. The molecule has 0 saturated carbocycles. The molecule has 1 unspecified atom stereocenters. The van der Waals surface area contributed by atoms with E-state index >= 15 is 0 Å². The van der Waals surface area contributed by atoms with Crippen LogP contribution in [0, 0.1) is 0 Å². The van der Waals surface area contributed by atoms with Gasteiger partial charge in [-0.2, -0.15) is 0 Å². The van der Waals surface area contributed by atoms with Crippen molar-refractivity contribution in [3.05, 3.63) is 36.0 Å². The number of nitrogens with zero attached hydrogens (tertiary/aromatic N) is 3. The number of aromatic nitrogens is 1. The highest BCUT2D eigenvalue weighted by molar-refractivity contribution is 7.98. The maximum absolute atomic E-state index is 13.1. The van der Waals surface area contributed by atoms with Crippen molar-refractivity contribution in [3.63, 3.8) is 0 Å². The number of pyridine rings is 1. The Morgan fingerprint density at radius 3 is 2.71 bits per heavy atom.